The van der Waals surface area contributed by atoms with Gasteiger partial charge < -0.3 is 19.0 Å². The fourth-order valence-corrected chi connectivity index (χ4v) is 2.55. The Hall–Kier alpha value is -0.950. The number of nitrogens with zero attached hydrogens (tertiary/aromatic N) is 1. The molecule has 2 rings (SSSR count). The lowest BCUT2D eigenvalue weighted by Gasteiger charge is -2.06. The largest absolute Gasteiger partial charge is 0.382 e. The Morgan fingerprint density at radius 2 is 2.10 bits per heavy atom. The fourth-order valence-electron chi connectivity index (χ4n) is 2.09. The van der Waals surface area contributed by atoms with Crippen LogP contribution in [0.5, 0.6) is 0 Å². The minimum atomic E-state index is -0.445. The molecule has 0 saturated heterocycles. The third kappa shape index (κ3) is 4.26. The van der Waals surface area contributed by atoms with Gasteiger partial charge in [0.1, 0.15) is 5.82 Å². The second-order valence-electron chi connectivity index (χ2n) is 4.68. The molecule has 0 aliphatic carbocycles. The van der Waals surface area contributed by atoms with Gasteiger partial charge in [0.05, 0.1) is 29.3 Å². The van der Waals surface area contributed by atoms with Crippen molar-refractivity contribution in [1.29, 1.82) is 0 Å². The third-order valence-corrected chi connectivity index (χ3v) is 3.78. The van der Waals surface area contributed by atoms with Gasteiger partial charge in [0.2, 0.25) is 0 Å². The van der Waals surface area contributed by atoms with Crippen LogP contribution in [0, 0.1) is 10.6 Å². The Kier molecular flexibility index (Phi) is 6.17. The van der Waals surface area contributed by atoms with Crippen molar-refractivity contribution in [3.63, 3.8) is 0 Å². The third-order valence-electron chi connectivity index (χ3n) is 3.17. The van der Waals surface area contributed by atoms with E-state index < -0.39 is 5.82 Å². The quantitative estimate of drug-likeness (QED) is 0.588. The van der Waals surface area contributed by atoms with E-state index in [-0.39, 0.29) is 5.02 Å². The Balaban J connectivity index is 1.94. The van der Waals surface area contributed by atoms with Crippen LogP contribution in [-0.4, -0.2) is 36.5 Å². The number of aryl methyl sites for hydroxylation is 1. The van der Waals surface area contributed by atoms with Gasteiger partial charge in [-0.15, -0.1) is 0 Å². The molecule has 0 unspecified atom stereocenters. The van der Waals surface area contributed by atoms with Crippen molar-refractivity contribution < 1.29 is 13.9 Å². The first-order valence-electron chi connectivity index (χ1n) is 6.77. The van der Waals surface area contributed by atoms with Crippen molar-refractivity contribution in [2.45, 2.75) is 19.4 Å². The molecule has 0 radical (unpaired) electrons. The molecule has 0 amide bonds. The average Bonchev–Trinajstić information content (AvgIpc) is 2.74. The van der Waals surface area contributed by atoms with Crippen molar-refractivity contribution in [3.05, 3.63) is 27.7 Å². The molecule has 0 fully saturated rings. The van der Waals surface area contributed by atoms with Gasteiger partial charge in [-0.2, -0.15) is 0 Å². The minimum Gasteiger partial charge on any atom is -0.382 e. The first-order valence-corrected chi connectivity index (χ1v) is 7.56. The zero-order valence-corrected chi connectivity index (χ0v) is 13.4. The summed E-state index contributed by atoms with van der Waals surface area (Å²) in [4.78, 5) is 3.00. The number of hydrogen-bond acceptors (Lipinski definition) is 3. The van der Waals surface area contributed by atoms with Crippen LogP contribution in [0.1, 0.15) is 12.8 Å². The van der Waals surface area contributed by atoms with Crippen molar-refractivity contribution in [2.24, 2.45) is 0 Å². The molecule has 116 valence electrons. The Morgan fingerprint density at radius 1 is 1.29 bits per heavy atom. The maximum Gasteiger partial charge on any atom is 0.178 e. The molecule has 1 aromatic heterocycles. The van der Waals surface area contributed by atoms with Crippen LogP contribution in [0.2, 0.25) is 5.02 Å². The highest BCUT2D eigenvalue weighted by Crippen LogP contribution is 2.23. The number of unbranched alkanes of at least 4 members (excludes halogenated alkanes) is 1. The molecule has 21 heavy (non-hydrogen) atoms. The van der Waals surface area contributed by atoms with Crippen molar-refractivity contribution in [3.8, 4) is 0 Å². The van der Waals surface area contributed by atoms with Crippen LogP contribution in [0.4, 0.5) is 4.39 Å². The number of H-pyrrole nitrogens is 1. The average molecular weight is 333 g/mol. The van der Waals surface area contributed by atoms with E-state index >= 15 is 0 Å². The normalized spacial score (nSPS) is 11.4. The summed E-state index contributed by atoms with van der Waals surface area (Å²) in [5.74, 6) is -0.445. The van der Waals surface area contributed by atoms with Gasteiger partial charge in [0.25, 0.3) is 0 Å². The maximum atomic E-state index is 13.4. The monoisotopic (exact) mass is 332 g/mol. The van der Waals surface area contributed by atoms with Gasteiger partial charge in [-0.3, -0.25) is 0 Å². The Morgan fingerprint density at radius 3 is 2.86 bits per heavy atom. The van der Waals surface area contributed by atoms with E-state index in [0.717, 1.165) is 24.9 Å². The summed E-state index contributed by atoms with van der Waals surface area (Å²) < 4.78 is 26.2. The van der Waals surface area contributed by atoms with E-state index in [1.54, 1.807) is 13.2 Å². The summed E-state index contributed by atoms with van der Waals surface area (Å²) in [6.07, 6.45) is 1.84. The van der Waals surface area contributed by atoms with Gasteiger partial charge in [0, 0.05) is 26.3 Å². The van der Waals surface area contributed by atoms with Crippen LogP contribution in [-0.2, 0) is 16.0 Å². The number of imidazole rings is 1. The van der Waals surface area contributed by atoms with Crippen LogP contribution in [0.25, 0.3) is 11.0 Å². The number of benzene rings is 1. The number of nitrogens with one attached hydrogen (secondary N) is 1. The zero-order valence-electron chi connectivity index (χ0n) is 11.8. The Bertz CT molecular complexity index is 656. The molecule has 0 aliphatic heterocycles. The summed E-state index contributed by atoms with van der Waals surface area (Å²) in [7, 11) is 1.65. The molecule has 0 saturated carbocycles. The smallest absolute Gasteiger partial charge is 0.178 e. The lowest BCUT2D eigenvalue weighted by Crippen LogP contribution is -2.04. The highest BCUT2D eigenvalue weighted by atomic mass is 35.5. The standard InChI is InChI=1S/C14H18ClFN2O2S/c1-19-6-7-20-5-3-2-4-18-13-8-10(15)11(16)9-12(13)17-14(18)21/h8-9H,2-7H2,1H3,(H,17,21). The lowest BCUT2D eigenvalue weighted by atomic mass is 10.3. The minimum absolute atomic E-state index is 0.105. The zero-order chi connectivity index (χ0) is 15.2. The summed E-state index contributed by atoms with van der Waals surface area (Å²) in [5.41, 5.74) is 1.49. The van der Waals surface area contributed by atoms with Crippen LogP contribution >= 0.6 is 23.8 Å². The highest BCUT2D eigenvalue weighted by Gasteiger charge is 2.08. The second-order valence-corrected chi connectivity index (χ2v) is 5.47. The SMILES string of the molecule is COCCOCCCCn1c(=S)[nH]c2cc(F)c(Cl)cc21. The summed E-state index contributed by atoms with van der Waals surface area (Å²) in [6.45, 7) is 2.65. The molecule has 2 aromatic rings. The molecule has 4 nitrogen and oxygen atoms in total. The van der Waals surface area contributed by atoms with Crippen molar-refractivity contribution in [2.75, 3.05) is 26.9 Å². The molecule has 0 bridgehead atoms. The van der Waals surface area contributed by atoms with Gasteiger partial charge in [-0.1, -0.05) is 11.6 Å². The van der Waals surface area contributed by atoms with Crippen LogP contribution in [0.15, 0.2) is 12.1 Å². The number of aromatic amines is 1. The molecule has 0 atom stereocenters. The van der Waals surface area contributed by atoms with E-state index in [4.69, 9.17) is 33.3 Å². The number of rotatable bonds is 8. The van der Waals surface area contributed by atoms with E-state index in [9.17, 15) is 4.39 Å². The molecule has 0 aliphatic rings. The van der Waals surface area contributed by atoms with E-state index in [1.165, 1.54) is 6.07 Å². The number of fused-ring (bicyclic) bond motifs is 1. The molecule has 1 N–H and O–H groups in total. The Labute approximate surface area is 132 Å². The maximum absolute atomic E-state index is 13.4. The second kappa shape index (κ2) is 7.89. The summed E-state index contributed by atoms with van der Waals surface area (Å²) in [6, 6.07) is 2.98. The molecular weight excluding hydrogens is 315 g/mol. The van der Waals surface area contributed by atoms with E-state index in [0.29, 0.717) is 30.1 Å². The summed E-state index contributed by atoms with van der Waals surface area (Å²) in [5, 5.41) is 0.105. The van der Waals surface area contributed by atoms with Crippen LogP contribution in [0.3, 0.4) is 0 Å². The fraction of sp³-hybridized carbons (Fsp3) is 0.500. The number of ether oxygens (including phenoxy) is 2. The summed E-state index contributed by atoms with van der Waals surface area (Å²) >= 11 is 11.1. The van der Waals surface area contributed by atoms with Crippen molar-refractivity contribution >= 4 is 34.9 Å². The number of halogens is 2. The first kappa shape index (κ1) is 16.4. The van der Waals surface area contributed by atoms with E-state index in [1.807, 2.05) is 4.57 Å². The number of aromatic nitrogens is 2. The van der Waals surface area contributed by atoms with Crippen molar-refractivity contribution in [1.82, 2.24) is 9.55 Å². The van der Waals surface area contributed by atoms with Gasteiger partial charge in [-0.05, 0) is 31.1 Å². The topological polar surface area (TPSA) is 39.2 Å². The number of hydrogen-bond donors (Lipinski definition) is 1. The van der Waals surface area contributed by atoms with Gasteiger partial charge in [-0.25, -0.2) is 4.39 Å². The lowest BCUT2D eigenvalue weighted by molar-refractivity contribution is 0.0684. The molecular formula is C14H18ClFN2O2S. The van der Waals surface area contributed by atoms with Gasteiger partial charge in [0.15, 0.2) is 4.77 Å². The molecule has 0 spiro atoms. The highest BCUT2D eigenvalue weighted by molar-refractivity contribution is 7.71. The predicted molar refractivity (Wildman–Crippen MR) is 84.0 cm³/mol. The first-order chi connectivity index (χ1) is 10.1. The molecule has 7 heteroatoms. The van der Waals surface area contributed by atoms with E-state index in [2.05, 4.69) is 4.98 Å². The van der Waals surface area contributed by atoms with Crippen LogP contribution < -0.4 is 0 Å². The molecule has 1 aromatic carbocycles. The van der Waals surface area contributed by atoms with Gasteiger partial charge >= 0.3 is 0 Å². The number of methoxy groups -OCH3 is 1. The molecule has 1 heterocycles. The predicted octanol–water partition coefficient (Wildman–Crippen LogP) is 3.93.